The van der Waals surface area contributed by atoms with Gasteiger partial charge >= 0.3 is 0 Å². The Kier molecular flexibility index (Phi) is 2.44. The van der Waals surface area contributed by atoms with Gasteiger partial charge < -0.3 is 4.74 Å². The van der Waals surface area contributed by atoms with Gasteiger partial charge in [0.25, 0.3) is 0 Å². The van der Waals surface area contributed by atoms with Crippen LogP contribution in [0.5, 0.6) is 0 Å². The first-order valence-electron chi connectivity index (χ1n) is 5.96. The Balaban J connectivity index is 1.71. The molecule has 1 aliphatic carbocycles. The van der Waals surface area contributed by atoms with Gasteiger partial charge in [0.15, 0.2) is 6.23 Å². The van der Waals surface area contributed by atoms with Gasteiger partial charge in [-0.15, -0.1) is 0 Å². The molecule has 0 saturated heterocycles. The van der Waals surface area contributed by atoms with Crippen molar-refractivity contribution in [3.63, 3.8) is 0 Å². The van der Waals surface area contributed by atoms with E-state index in [1.165, 1.54) is 0 Å². The predicted octanol–water partition coefficient (Wildman–Crippen LogP) is 2.52. The van der Waals surface area contributed by atoms with Crippen LogP contribution in [0.25, 0.3) is 0 Å². The van der Waals surface area contributed by atoms with E-state index in [4.69, 9.17) is 4.74 Å². The molecule has 0 bridgehead atoms. The summed E-state index contributed by atoms with van der Waals surface area (Å²) in [5.41, 5.74) is 0. The van der Waals surface area contributed by atoms with Crippen LogP contribution < -0.4 is 5.32 Å². The molecule has 16 heavy (non-hydrogen) atoms. The summed E-state index contributed by atoms with van der Waals surface area (Å²) >= 11 is 0. The first-order chi connectivity index (χ1) is 7.83. The topological polar surface area (TPSA) is 21.3 Å². The van der Waals surface area contributed by atoms with Crippen molar-refractivity contribution in [1.29, 1.82) is 0 Å². The van der Waals surface area contributed by atoms with Gasteiger partial charge in [-0.2, -0.15) is 0 Å². The largest absolute Gasteiger partial charge is 0.479 e. The second-order valence-corrected chi connectivity index (χ2v) is 4.68. The molecule has 1 N–H and O–H groups in total. The third kappa shape index (κ3) is 1.74. The van der Waals surface area contributed by atoms with Gasteiger partial charge in [0.1, 0.15) is 0 Å². The first-order valence-corrected chi connectivity index (χ1v) is 5.96. The van der Waals surface area contributed by atoms with Gasteiger partial charge in [0.2, 0.25) is 0 Å². The van der Waals surface area contributed by atoms with Crippen molar-refractivity contribution in [3.8, 4) is 0 Å². The maximum absolute atomic E-state index is 5.74. The number of fused-ring (bicyclic) bond motifs is 1. The van der Waals surface area contributed by atoms with Crippen LogP contribution >= 0.6 is 0 Å². The predicted molar refractivity (Wildman–Crippen MR) is 64.6 cm³/mol. The van der Waals surface area contributed by atoms with E-state index in [2.05, 4.69) is 47.8 Å². The van der Waals surface area contributed by atoms with Crippen molar-refractivity contribution >= 4 is 0 Å². The van der Waals surface area contributed by atoms with Gasteiger partial charge in [-0.25, -0.2) is 0 Å². The molecule has 0 aromatic heterocycles. The van der Waals surface area contributed by atoms with Crippen LogP contribution in [0.3, 0.4) is 0 Å². The maximum Gasteiger partial charge on any atom is 0.160 e. The molecule has 2 heteroatoms. The number of hydrogen-bond donors (Lipinski definition) is 1. The number of nitrogens with one attached hydrogen (secondary N) is 1. The van der Waals surface area contributed by atoms with Crippen molar-refractivity contribution in [2.45, 2.75) is 25.6 Å². The van der Waals surface area contributed by atoms with Crippen molar-refractivity contribution in [1.82, 2.24) is 5.32 Å². The fraction of sp³-hybridized carbons (Fsp3) is 0.429. The molecule has 0 amide bonds. The van der Waals surface area contributed by atoms with Gasteiger partial charge in [-0.1, -0.05) is 36.5 Å². The van der Waals surface area contributed by atoms with Crippen molar-refractivity contribution in [2.75, 3.05) is 0 Å². The van der Waals surface area contributed by atoms with Crippen LogP contribution in [-0.2, 0) is 4.74 Å². The quantitative estimate of drug-likeness (QED) is 0.679. The summed E-state index contributed by atoms with van der Waals surface area (Å²) in [7, 11) is 0. The van der Waals surface area contributed by atoms with Crippen molar-refractivity contribution in [3.05, 3.63) is 48.3 Å². The van der Waals surface area contributed by atoms with Crippen LogP contribution in [0.1, 0.15) is 13.3 Å². The zero-order chi connectivity index (χ0) is 11.0. The number of allylic oxidation sites excluding steroid dienone is 4. The summed E-state index contributed by atoms with van der Waals surface area (Å²) in [6, 6.07) is 0.404. The van der Waals surface area contributed by atoms with E-state index >= 15 is 0 Å². The van der Waals surface area contributed by atoms with Crippen molar-refractivity contribution < 1.29 is 4.74 Å². The third-order valence-electron chi connectivity index (χ3n) is 3.46. The minimum atomic E-state index is 0.148. The third-order valence-corrected chi connectivity index (χ3v) is 3.46. The Hall–Kier alpha value is -1.28. The van der Waals surface area contributed by atoms with Crippen LogP contribution in [0.2, 0.25) is 0 Å². The number of ether oxygens (including phenoxy) is 1. The smallest absolute Gasteiger partial charge is 0.160 e. The van der Waals surface area contributed by atoms with Crippen molar-refractivity contribution in [2.24, 2.45) is 11.8 Å². The molecule has 0 saturated carbocycles. The van der Waals surface area contributed by atoms with Gasteiger partial charge in [0.05, 0.1) is 5.76 Å². The molecule has 84 valence electrons. The maximum atomic E-state index is 5.74. The summed E-state index contributed by atoms with van der Waals surface area (Å²) in [6.07, 6.45) is 16.8. The second kappa shape index (κ2) is 3.95. The Morgan fingerprint density at radius 3 is 3.00 bits per heavy atom. The summed E-state index contributed by atoms with van der Waals surface area (Å²) in [5, 5.41) is 3.57. The minimum Gasteiger partial charge on any atom is -0.479 e. The lowest BCUT2D eigenvalue weighted by atomic mass is 9.88. The highest BCUT2D eigenvalue weighted by atomic mass is 16.5. The standard InChI is InChI=1S/C14H17NO/c1-10-9-12-7-8-13(15-14(12)16-10)11-5-3-2-4-6-11/h2-5,7-9,11-15H,6H2,1H3. The lowest BCUT2D eigenvalue weighted by Gasteiger charge is -2.32. The fourth-order valence-corrected chi connectivity index (χ4v) is 2.60. The Morgan fingerprint density at radius 1 is 1.25 bits per heavy atom. The normalized spacial score (nSPS) is 40.4. The molecular weight excluding hydrogens is 198 g/mol. The highest BCUT2D eigenvalue weighted by Crippen LogP contribution is 2.29. The molecule has 0 aromatic carbocycles. The van der Waals surface area contributed by atoms with Crippen LogP contribution in [0.4, 0.5) is 0 Å². The van der Waals surface area contributed by atoms with E-state index in [1.807, 2.05) is 6.92 Å². The minimum absolute atomic E-state index is 0.148. The molecule has 3 rings (SSSR count). The summed E-state index contributed by atoms with van der Waals surface area (Å²) < 4.78 is 5.74. The number of hydrogen-bond acceptors (Lipinski definition) is 2. The average Bonchev–Trinajstić information content (AvgIpc) is 2.69. The lowest BCUT2D eigenvalue weighted by molar-refractivity contribution is 0.0771. The molecule has 4 atom stereocenters. The highest BCUT2D eigenvalue weighted by molar-refractivity contribution is 5.21. The van der Waals surface area contributed by atoms with Crippen LogP contribution in [0, 0.1) is 11.8 Å². The van der Waals surface area contributed by atoms with E-state index in [9.17, 15) is 0 Å². The SMILES string of the molecule is CC1=CC2C=CC(C3C=CC=CC3)NC2O1. The summed E-state index contributed by atoms with van der Waals surface area (Å²) in [6.45, 7) is 2.02. The lowest BCUT2D eigenvalue weighted by Crippen LogP contribution is -2.46. The van der Waals surface area contributed by atoms with E-state index < -0.39 is 0 Å². The Morgan fingerprint density at radius 2 is 2.19 bits per heavy atom. The van der Waals surface area contributed by atoms with Gasteiger partial charge in [0, 0.05) is 12.0 Å². The van der Waals surface area contributed by atoms with Gasteiger partial charge in [-0.3, -0.25) is 5.32 Å². The van der Waals surface area contributed by atoms with E-state index in [0.29, 0.717) is 17.9 Å². The van der Waals surface area contributed by atoms with Gasteiger partial charge in [-0.05, 0) is 25.3 Å². The summed E-state index contributed by atoms with van der Waals surface area (Å²) in [4.78, 5) is 0. The van der Waals surface area contributed by atoms with Crippen LogP contribution in [0.15, 0.2) is 48.3 Å². The molecule has 0 radical (unpaired) electrons. The van der Waals surface area contributed by atoms with E-state index in [1.54, 1.807) is 0 Å². The highest BCUT2D eigenvalue weighted by Gasteiger charge is 2.32. The van der Waals surface area contributed by atoms with Crippen LogP contribution in [-0.4, -0.2) is 12.3 Å². The Bertz CT molecular complexity index is 392. The molecule has 0 fully saturated rings. The molecule has 2 aliphatic heterocycles. The number of rotatable bonds is 1. The monoisotopic (exact) mass is 215 g/mol. The second-order valence-electron chi connectivity index (χ2n) is 4.68. The molecule has 2 nitrogen and oxygen atoms in total. The van der Waals surface area contributed by atoms with E-state index in [-0.39, 0.29) is 6.23 Å². The Labute approximate surface area is 96.4 Å². The molecule has 3 aliphatic rings. The van der Waals surface area contributed by atoms with E-state index in [0.717, 1.165) is 12.2 Å². The molecule has 2 heterocycles. The molecular formula is C14H17NO. The molecule has 0 spiro atoms. The first kappa shape index (κ1) is 9.91. The zero-order valence-corrected chi connectivity index (χ0v) is 9.47. The molecule has 0 aromatic rings. The molecule has 4 unspecified atom stereocenters. The average molecular weight is 215 g/mol. The summed E-state index contributed by atoms with van der Waals surface area (Å²) in [5.74, 6) is 2.01. The fourth-order valence-electron chi connectivity index (χ4n) is 2.60. The zero-order valence-electron chi connectivity index (χ0n) is 9.47.